The van der Waals surface area contributed by atoms with E-state index in [-0.39, 0.29) is 17.2 Å². The summed E-state index contributed by atoms with van der Waals surface area (Å²) in [5.41, 5.74) is 1.31. The van der Waals surface area contributed by atoms with Crippen LogP contribution in [0, 0.1) is 0 Å². The zero-order valence-corrected chi connectivity index (χ0v) is 15.5. The molecular formula is C22H18N2O5. The highest BCUT2D eigenvalue weighted by Gasteiger charge is 2.15. The van der Waals surface area contributed by atoms with Crippen molar-refractivity contribution in [1.29, 1.82) is 0 Å². The fraction of sp³-hybridized carbons (Fsp3) is 0.0455. The van der Waals surface area contributed by atoms with Gasteiger partial charge in [0.1, 0.15) is 17.2 Å². The second-order valence-electron chi connectivity index (χ2n) is 6.14. The van der Waals surface area contributed by atoms with Crippen LogP contribution in [0.2, 0.25) is 0 Å². The van der Waals surface area contributed by atoms with Crippen LogP contribution in [0.5, 0.6) is 0 Å². The lowest BCUT2D eigenvalue weighted by molar-refractivity contribution is -0.132. The highest BCUT2D eigenvalue weighted by Crippen LogP contribution is 2.23. The number of hydrogen-bond donors (Lipinski definition) is 3. The quantitative estimate of drug-likeness (QED) is 0.555. The molecule has 0 saturated carbocycles. The van der Waals surface area contributed by atoms with Crippen molar-refractivity contribution < 1.29 is 23.9 Å². The van der Waals surface area contributed by atoms with Crippen LogP contribution in [-0.2, 0) is 9.59 Å². The van der Waals surface area contributed by atoms with Gasteiger partial charge < -0.3 is 20.2 Å². The van der Waals surface area contributed by atoms with E-state index in [0.717, 1.165) is 5.56 Å². The molecule has 0 atom stereocenters. The Labute approximate surface area is 166 Å². The van der Waals surface area contributed by atoms with Gasteiger partial charge in [0.15, 0.2) is 0 Å². The van der Waals surface area contributed by atoms with E-state index in [2.05, 4.69) is 10.6 Å². The molecule has 0 spiro atoms. The Balaban J connectivity index is 1.76. The SMILES string of the molecule is CC(=O)Nc1ccc(C(=O)N/C(=C/c2ccc(-c3ccccc3)o2)C(=O)O)cc1. The molecular weight excluding hydrogens is 372 g/mol. The first-order valence-electron chi connectivity index (χ1n) is 8.71. The van der Waals surface area contributed by atoms with E-state index in [1.54, 1.807) is 24.3 Å². The minimum Gasteiger partial charge on any atom is -0.477 e. The molecule has 3 N–H and O–H groups in total. The Hall–Kier alpha value is -4.13. The third-order valence-corrected chi connectivity index (χ3v) is 3.92. The average Bonchev–Trinajstić information content (AvgIpc) is 3.17. The van der Waals surface area contributed by atoms with Gasteiger partial charge in [-0.3, -0.25) is 9.59 Å². The first-order valence-corrected chi connectivity index (χ1v) is 8.71. The number of furan rings is 1. The van der Waals surface area contributed by atoms with Crippen LogP contribution in [0.25, 0.3) is 17.4 Å². The second kappa shape index (κ2) is 8.71. The number of amides is 2. The fourth-order valence-corrected chi connectivity index (χ4v) is 2.58. The molecule has 146 valence electrons. The topological polar surface area (TPSA) is 109 Å². The van der Waals surface area contributed by atoms with Gasteiger partial charge in [-0.25, -0.2) is 4.79 Å². The van der Waals surface area contributed by atoms with Gasteiger partial charge in [0.25, 0.3) is 5.91 Å². The maximum atomic E-state index is 12.4. The molecule has 1 aromatic heterocycles. The van der Waals surface area contributed by atoms with E-state index in [4.69, 9.17) is 4.42 Å². The summed E-state index contributed by atoms with van der Waals surface area (Å²) in [7, 11) is 0. The summed E-state index contributed by atoms with van der Waals surface area (Å²) in [4.78, 5) is 35.0. The van der Waals surface area contributed by atoms with Crippen molar-refractivity contribution in [3.8, 4) is 11.3 Å². The molecule has 29 heavy (non-hydrogen) atoms. The summed E-state index contributed by atoms with van der Waals surface area (Å²) in [5, 5.41) is 14.4. The number of anilines is 1. The van der Waals surface area contributed by atoms with Crippen LogP contribution in [-0.4, -0.2) is 22.9 Å². The summed E-state index contributed by atoms with van der Waals surface area (Å²) in [6.45, 7) is 1.38. The minimum atomic E-state index is -1.30. The average molecular weight is 390 g/mol. The highest BCUT2D eigenvalue weighted by atomic mass is 16.4. The lowest BCUT2D eigenvalue weighted by atomic mass is 10.2. The lowest BCUT2D eigenvalue weighted by Gasteiger charge is -2.07. The van der Waals surface area contributed by atoms with Crippen LogP contribution >= 0.6 is 0 Å². The predicted molar refractivity (Wildman–Crippen MR) is 108 cm³/mol. The van der Waals surface area contributed by atoms with Gasteiger partial charge in [0, 0.05) is 29.8 Å². The molecule has 7 heteroatoms. The number of carbonyl (C=O) groups excluding carboxylic acids is 2. The summed E-state index contributed by atoms with van der Waals surface area (Å²) < 4.78 is 5.66. The molecule has 7 nitrogen and oxygen atoms in total. The zero-order chi connectivity index (χ0) is 20.8. The minimum absolute atomic E-state index is 0.230. The largest absolute Gasteiger partial charge is 0.477 e. The summed E-state index contributed by atoms with van der Waals surface area (Å²) in [6.07, 6.45) is 1.25. The van der Waals surface area contributed by atoms with Gasteiger partial charge >= 0.3 is 5.97 Å². The van der Waals surface area contributed by atoms with E-state index in [1.807, 2.05) is 30.3 Å². The predicted octanol–water partition coefficient (Wildman–Crippen LogP) is 3.76. The van der Waals surface area contributed by atoms with Gasteiger partial charge in [-0.05, 0) is 36.4 Å². The second-order valence-corrected chi connectivity index (χ2v) is 6.14. The Morgan fingerprint density at radius 1 is 0.931 bits per heavy atom. The van der Waals surface area contributed by atoms with E-state index >= 15 is 0 Å². The van der Waals surface area contributed by atoms with Crippen LogP contribution in [0.4, 0.5) is 5.69 Å². The van der Waals surface area contributed by atoms with Crippen LogP contribution in [0.15, 0.2) is 76.8 Å². The molecule has 2 aromatic carbocycles. The van der Waals surface area contributed by atoms with E-state index in [1.165, 1.54) is 25.1 Å². The molecule has 0 fully saturated rings. The zero-order valence-electron chi connectivity index (χ0n) is 15.5. The number of carboxylic acids is 1. The Morgan fingerprint density at radius 2 is 1.62 bits per heavy atom. The molecule has 3 aromatic rings. The Morgan fingerprint density at radius 3 is 2.24 bits per heavy atom. The molecule has 0 aliphatic carbocycles. The Kier molecular flexibility index (Phi) is 5.89. The van der Waals surface area contributed by atoms with Crippen molar-refractivity contribution in [2.45, 2.75) is 6.92 Å². The first kappa shape index (κ1) is 19.6. The van der Waals surface area contributed by atoms with E-state index < -0.39 is 11.9 Å². The summed E-state index contributed by atoms with van der Waals surface area (Å²) >= 11 is 0. The Bertz CT molecular complexity index is 1070. The molecule has 2 amide bonds. The number of carbonyl (C=O) groups is 3. The third-order valence-electron chi connectivity index (χ3n) is 3.92. The number of carboxylic acid groups (broad SMARTS) is 1. The number of nitrogens with one attached hydrogen (secondary N) is 2. The van der Waals surface area contributed by atoms with Crippen molar-refractivity contribution in [1.82, 2.24) is 5.32 Å². The standard InChI is InChI=1S/C22H18N2O5/c1-14(25)23-17-9-7-16(8-10-17)21(26)24-19(22(27)28)13-18-11-12-20(29-18)15-5-3-2-4-6-15/h2-13H,1H3,(H,23,25)(H,24,26)(H,27,28)/b19-13+. The van der Waals surface area contributed by atoms with Crippen molar-refractivity contribution in [2.24, 2.45) is 0 Å². The molecule has 3 rings (SSSR count). The fourth-order valence-electron chi connectivity index (χ4n) is 2.58. The highest BCUT2D eigenvalue weighted by molar-refractivity contribution is 6.03. The molecule has 0 bridgehead atoms. The lowest BCUT2D eigenvalue weighted by Crippen LogP contribution is -2.27. The molecule has 0 saturated heterocycles. The smallest absolute Gasteiger partial charge is 0.352 e. The van der Waals surface area contributed by atoms with Crippen molar-refractivity contribution in [3.05, 3.63) is 83.8 Å². The third kappa shape index (κ3) is 5.20. The van der Waals surface area contributed by atoms with E-state index in [9.17, 15) is 19.5 Å². The number of aliphatic carboxylic acids is 1. The van der Waals surface area contributed by atoms with Gasteiger partial charge in [-0.15, -0.1) is 0 Å². The van der Waals surface area contributed by atoms with Gasteiger partial charge in [-0.2, -0.15) is 0 Å². The summed E-state index contributed by atoms with van der Waals surface area (Å²) in [5.74, 6) is -1.25. The molecule has 0 radical (unpaired) electrons. The van der Waals surface area contributed by atoms with Gasteiger partial charge in [0.05, 0.1) is 0 Å². The van der Waals surface area contributed by atoms with Crippen molar-refractivity contribution in [3.63, 3.8) is 0 Å². The van der Waals surface area contributed by atoms with Crippen molar-refractivity contribution >= 4 is 29.5 Å². The maximum absolute atomic E-state index is 12.4. The van der Waals surface area contributed by atoms with Crippen LogP contribution in [0.1, 0.15) is 23.0 Å². The normalized spacial score (nSPS) is 11.0. The first-order chi connectivity index (χ1) is 13.9. The van der Waals surface area contributed by atoms with Crippen molar-refractivity contribution in [2.75, 3.05) is 5.32 Å². The monoisotopic (exact) mass is 390 g/mol. The summed E-state index contributed by atoms with van der Waals surface area (Å²) in [6, 6.07) is 18.8. The molecule has 0 unspecified atom stereocenters. The number of benzene rings is 2. The molecule has 1 heterocycles. The van der Waals surface area contributed by atoms with Gasteiger partial charge in [-0.1, -0.05) is 30.3 Å². The van der Waals surface area contributed by atoms with Gasteiger partial charge in [0.2, 0.25) is 5.91 Å². The molecule has 0 aliphatic heterocycles. The molecule has 0 aliphatic rings. The number of hydrogen-bond acceptors (Lipinski definition) is 4. The van der Waals surface area contributed by atoms with Crippen LogP contribution < -0.4 is 10.6 Å². The number of rotatable bonds is 6. The van der Waals surface area contributed by atoms with Crippen LogP contribution in [0.3, 0.4) is 0 Å². The van der Waals surface area contributed by atoms with E-state index in [0.29, 0.717) is 17.2 Å². The maximum Gasteiger partial charge on any atom is 0.352 e.